The summed E-state index contributed by atoms with van der Waals surface area (Å²) in [5.41, 5.74) is 0.0701. The Balaban J connectivity index is 2.36. The summed E-state index contributed by atoms with van der Waals surface area (Å²) in [6.45, 7) is 0.240. The zero-order valence-electron chi connectivity index (χ0n) is 18.9. The molecule has 1 aromatic carbocycles. The van der Waals surface area contributed by atoms with E-state index < -0.39 is 16.9 Å². The SMILES string of the molecule is O=C(O)CCCCCCCCCCC(=O)Nc1cc([N+](=O)[O-])ccc1OCCCCC(=O)O. The molecule has 0 aromatic heterocycles. The van der Waals surface area contributed by atoms with Crippen LogP contribution in [0.15, 0.2) is 18.2 Å². The predicted octanol–water partition coefficient (Wildman–Crippen LogP) is 5.15. The maximum atomic E-state index is 12.3. The van der Waals surface area contributed by atoms with Crippen molar-refractivity contribution in [1.82, 2.24) is 0 Å². The molecular formula is C23H34N2O8. The lowest BCUT2D eigenvalue weighted by atomic mass is 10.1. The summed E-state index contributed by atoms with van der Waals surface area (Å²) < 4.78 is 5.60. The van der Waals surface area contributed by atoms with Crippen LogP contribution in [-0.2, 0) is 14.4 Å². The van der Waals surface area contributed by atoms with Crippen LogP contribution in [0.2, 0.25) is 0 Å². The highest BCUT2D eigenvalue weighted by molar-refractivity contribution is 5.92. The van der Waals surface area contributed by atoms with E-state index in [1.165, 1.54) is 18.2 Å². The summed E-state index contributed by atoms with van der Waals surface area (Å²) in [6.07, 6.45) is 8.83. The number of ether oxygens (including phenoxy) is 1. The van der Waals surface area contributed by atoms with Crippen molar-refractivity contribution >= 4 is 29.2 Å². The van der Waals surface area contributed by atoms with Gasteiger partial charge in [-0.25, -0.2) is 0 Å². The number of nitro groups is 1. The fraction of sp³-hybridized carbons (Fsp3) is 0.609. The lowest BCUT2D eigenvalue weighted by Gasteiger charge is -2.12. The average Bonchev–Trinajstić information content (AvgIpc) is 2.75. The fourth-order valence-electron chi connectivity index (χ4n) is 3.25. The molecule has 0 unspecified atom stereocenters. The molecule has 10 nitrogen and oxygen atoms in total. The van der Waals surface area contributed by atoms with Crippen molar-refractivity contribution in [1.29, 1.82) is 0 Å². The molecular weight excluding hydrogens is 432 g/mol. The van der Waals surface area contributed by atoms with Gasteiger partial charge in [0.25, 0.3) is 5.69 Å². The maximum Gasteiger partial charge on any atom is 0.303 e. The van der Waals surface area contributed by atoms with Gasteiger partial charge in [0.05, 0.1) is 17.2 Å². The molecule has 0 aliphatic heterocycles. The molecule has 0 aliphatic rings. The molecule has 0 radical (unpaired) electrons. The average molecular weight is 467 g/mol. The minimum atomic E-state index is -0.881. The van der Waals surface area contributed by atoms with Gasteiger partial charge in [0.2, 0.25) is 5.91 Å². The highest BCUT2D eigenvalue weighted by atomic mass is 16.6. The first-order valence-electron chi connectivity index (χ1n) is 11.4. The normalized spacial score (nSPS) is 10.5. The van der Waals surface area contributed by atoms with Crippen molar-refractivity contribution < 1.29 is 34.3 Å². The Kier molecular flexibility index (Phi) is 13.9. The molecule has 0 spiro atoms. The number of hydrogen-bond donors (Lipinski definition) is 3. The van der Waals surface area contributed by atoms with Crippen LogP contribution >= 0.6 is 0 Å². The molecule has 0 saturated carbocycles. The number of anilines is 1. The molecule has 10 heteroatoms. The van der Waals surface area contributed by atoms with E-state index in [9.17, 15) is 24.5 Å². The Morgan fingerprint density at radius 2 is 1.33 bits per heavy atom. The fourth-order valence-corrected chi connectivity index (χ4v) is 3.25. The first-order valence-corrected chi connectivity index (χ1v) is 11.4. The van der Waals surface area contributed by atoms with Gasteiger partial charge >= 0.3 is 11.9 Å². The monoisotopic (exact) mass is 466 g/mol. The van der Waals surface area contributed by atoms with Crippen molar-refractivity contribution in [3.63, 3.8) is 0 Å². The third-order valence-electron chi connectivity index (χ3n) is 5.04. The number of benzene rings is 1. The molecule has 184 valence electrons. The zero-order chi connectivity index (χ0) is 24.5. The smallest absolute Gasteiger partial charge is 0.303 e. The topological polar surface area (TPSA) is 156 Å². The minimum absolute atomic E-state index is 0.0396. The molecule has 33 heavy (non-hydrogen) atoms. The Hall–Kier alpha value is -3.17. The van der Waals surface area contributed by atoms with E-state index in [0.717, 1.165) is 38.5 Å². The molecule has 0 saturated heterocycles. The predicted molar refractivity (Wildman–Crippen MR) is 123 cm³/mol. The summed E-state index contributed by atoms with van der Waals surface area (Å²) in [5.74, 6) is -1.58. The minimum Gasteiger partial charge on any atom is -0.491 e. The number of carboxylic acid groups (broad SMARTS) is 2. The number of carboxylic acids is 2. The highest BCUT2D eigenvalue weighted by Crippen LogP contribution is 2.29. The van der Waals surface area contributed by atoms with Gasteiger partial charge in [-0.2, -0.15) is 0 Å². The molecule has 1 amide bonds. The standard InChI is InChI=1S/C23H34N2O8/c26-21(11-7-5-3-1-2-4-6-8-12-22(27)28)24-19-17-18(25(31)32)14-15-20(19)33-16-10-9-13-23(29)30/h14-15,17H,1-13,16H2,(H,24,26)(H,27,28)(H,29,30). The van der Waals surface area contributed by atoms with Gasteiger partial charge in [0.1, 0.15) is 5.75 Å². The molecule has 1 rings (SSSR count). The second kappa shape index (κ2) is 16.5. The van der Waals surface area contributed by atoms with Gasteiger partial charge in [0.15, 0.2) is 0 Å². The van der Waals surface area contributed by atoms with Crippen molar-refractivity contribution in [2.75, 3.05) is 11.9 Å². The number of non-ortho nitro benzene ring substituents is 1. The number of hydrogen-bond acceptors (Lipinski definition) is 6. The van der Waals surface area contributed by atoms with Crippen molar-refractivity contribution in [2.45, 2.75) is 83.5 Å². The molecule has 3 N–H and O–H groups in total. The molecule has 0 fully saturated rings. The van der Waals surface area contributed by atoms with E-state index in [1.807, 2.05) is 0 Å². The summed E-state index contributed by atoms with van der Waals surface area (Å²) in [5, 5.41) is 31.0. The van der Waals surface area contributed by atoms with E-state index >= 15 is 0 Å². The number of carbonyl (C=O) groups is 3. The van der Waals surface area contributed by atoms with E-state index in [-0.39, 0.29) is 36.7 Å². The number of aliphatic carboxylic acids is 2. The third kappa shape index (κ3) is 13.8. The van der Waals surface area contributed by atoms with E-state index in [4.69, 9.17) is 14.9 Å². The van der Waals surface area contributed by atoms with Gasteiger partial charge in [0, 0.05) is 31.4 Å². The van der Waals surface area contributed by atoms with Gasteiger partial charge in [-0.3, -0.25) is 24.5 Å². The molecule has 1 aromatic rings. The maximum absolute atomic E-state index is 12.3. The number of carbonyl (C=O) groups excluding carboxylic acids is 1. The summed E-state index contributed by atoms with van der Waals surface area (Å²) in [7, 11) is 0. The number of amides is 1. The molecule has 0 bridgehead atoms. The lowest BCUT2D eigenvalue weighted by Crippen LogP contribution is -2.13. The van der Waals surface area contributed by atoms with Gasteiger partial charge in [-0.15, -0.1) is 0 Å². The van der Waals surface area contributed by atoms with Crippen molar-refractivity contribution in [3.8, 4) is 5.75 Å². The molecule has 0 heterocycles. The molecule has 0 atom stereocenters. The first-order chi connectivity index (χ1) is 15.8. The Morgan fingerprint density at radius 1 is 0.818 bits per heavy atom. The summed E-state index contributed by atoms with van der Waals surface area (Å²) >= 11 is 0. The van der Waals surface area contributed by atoms with Crippen LogP contribution < -0.4 is 10.1 Å². The number of nitro benzene ring substituents is 1. The number of unbranched alkanes of at least 4 members (excludes halogenated alkanes) is 8. The van der Waals surface area contributed by atoms with Crippen molar-refractivity contribution in [3.05, 3.63) is 28.3 Å². The van der Waals surface area contributed by atoms with Crippen molar-refractivity contribution in [2.24, 2.45) is 0 Å². The lowest BCUT2D eigenvalue weighted by molar-refractivity contribution is -0.384. The Bertz CT molecular complexity index is 782. The van der Waals surface area contributed by atoms with Crippen LogP contribution in [0.4, 0.5) is 11.4 Å². The summed E-state index contributed by atoms with van der Waals surface area (Å²) in [6, 6.07) is 3.99. The van der Waals surface area contributed by atoms with Gasteiger partial charge < -0.3 is 20.3 Å². The number of rotatable bonds is 19. The number of nitrogens with zero attached hydrogens (tertiary/aromatic N) is 1. The second-order valence-electron chi connectivity index (χ2n) is 7.91. The van der Waals surface area contributed by atoms with Gasteiger partial charge in [-0.1, -0.05) is 38.5 Å². The quantitative estimate of drug-likeness (QED) is 0.143. The molecule has 0 aliphatic carbocycles. The van der Waals surface area contributed by atoms with Crippen LogP contribution in [0.5, 0.6) is 5.75 Å². The van der Waals surface area contributed by atoms with Crippen LogP contribution in [0.3, 0.4) is 0 Å². The van der Waals surface area contributed by atoms with Crippen LogP contribution in [-0.4, -0.2) is 39.6 Å². The van der Waals surface area contributed by atoms with Crippen LogP contribution in [0.25, 0.3) is 0 Å². The first kappa shape index (κ1) is 27.9. The largest absolute Gasteiger partial charge is 0.491 e. The summed E-state index contributed by atoms with van der Waals surface area (Å²) in [4.78, 5) is 43.8. The highest BCUT2D eigenvalue weighted by Gasteiger charge is 2.14. The van der Waals surface area contributed by atoms with E-state index in [2.05, 4.69) is 5.32 Å². The zero-order valence-corrected chi connectivity index (χ0v) is 18.9. The second-order valence-corrected chi connectivity index (χ2v) is 7.91. The van der Waals surface area contributed by atoms with E-state index in [0.29, 0.717) is 37.9 Å². The van der Waals surface area contributed by atoms with E-state index in [1.54, 1.807) is 0 Å². The third-order valence-corrected chi connectivity index (χ3v) is 5.04. The van der Waals surface area contributed by atoms with Crippen LogP contribution in [0, 0.1) is 10.1 Å². The number of nitrogens with one attached hydrogen (secondary N) is 1. The Labute approximate surface area is 193 Å². The van der Waals surface area contributed by atoms with Gasteiger partial charge in [-0.05, 0) is 31.7 Å². The van der Waals surface area contributed by atoms with Crippen LogP contribution in [0.1, 0.15) is 83.5 Å². The Morgan fingerprint density at radius 3 is 1.88 bits per heavy atom.